The molecule has 0 aliphatic heterocycles. The highest BCUT2D eigenvalue weighted by molar-refractivity contribution is 5.35. The summed E-state index contributed by atoms with van der Waals surface area (Å²) < 4.78 is 13.3. The molecule has 18 heavy (non-hydrogen) atoms. The third kappa shape index (κ3) is 2.44. The predicted molar refractivity (Wildman–Crippen MR) is 74.3 cm³/mol. The summed E-state index contributed by atoms with van der Waals surface area (Å²) in [6, 6.07) is 5.58. The molecule has 0 aromatic heterocycles. The average Bonchev–Trinajstić information content (AvgIpc) is 2.85. The van der Waals surface area contributed by atoms with Crippen molar-refractivity contribution in [3.05, 3.63) is 35.1 Å². The van der Waals surface area contributed by atoms with Gasteiger partial charge in [0.25, 0.3) is 0 Å². The fourth-order valence-corrected chi connectivity index (χ4v) is 3.08. The molecule has 0 heterocycles. The topological polar surface area (TPSA) is 12.0 Å². The number of hydrogen-bond acceptors (Lipinski definition) is 1. The minimum Gasteiger partial charge on any atom is -0.316 e. The number of hydrogen-bond donors (Lipinski definition) is 1. The lowest BCUT2D eigenvalue weighted by Gasteiger charge is -2.05. The van der Waals surface area contributed by atoms with Crippen molar-refractivity contribution in [3.8, 4) is 0 Å². The summed E-state index contributed by atoms with van der Waals surface area (Å²) >= 11 is 0. The van der Waals surface area contributed by atoms with E-state index < -0.39 is 0 Å². The van der Waals surface area contributed by atoms with Gasteiger partial charge in [-0.25, -0.2) is 4.39 Å². The quantitative estimate of drug-likeness (QED) is 0.781. The highest BCUT2D eigenvalue weighted by Crippen LogP contribution is 2.64. The van der Waals surface area contributed by atoms with E-state index >= 15 is 0 Å². The standard InChI is InChI=1S/C16H24FN/c1-5-8-18-10-13-15(16(13,3)4)12-6-7-14(17)11(2)9-12/h6-7,9,13,15,18H,5,8,10H2,1-4H3. The first-order valence-electron chi connectivity index (χ1n) is 6.95. The van der Waals surface area contributed by atoms with E-state index in [1.807, 2.05) is 19.1 Å². The lowest BCUT2D eigenvalue weighted by Crippen LogP contribution is -2.19. The molecule has 1 aliphatic rings. The van der Waals surface area contributed by atoms with Crippen molar-refractivity contribution in [3.63, 3.8) is 0 Å². The Balaban J connectivity index is 2.07. The number of benzene rings is 1. The zero-order valence-electron chi connectivity index (χ0n) is 11.9. The average molecular weight is 249 g/mol. The van der Waals surface area contributed by atoms with E-state index in [0.717, 1.165) is 18.7 Å². The highest BCUT2D eigenvalue weighted by atomic mass is 19.1. The Hall–Kier alpha value is -0.890. The lowest BCUT2D eigenvalue weighted by molar-refractivity contribution is 0.518. The monoisotopic (exact) mass is 249 g/mol. The molecule has 1 aromatic carbocycles. The minimum absolute atomic E-state index is 0.0992. The van der Waals surface area contributed by atoms with Gasteiger partial charge in [-0.05, 0) is 60.9 Å². The molecule has 1 fully saturated rings. The summed E-state index contributed by atoms with van der Waals surface area (Å²) in [6.07, 6.45) is 1.17. The number of rotatable bonds is 5. The Morgan fingerprint density at radius 3 is 2.67 bits per heavy atom. The fourth-order valence-electron chi connectivity index (χ4n) is 3.08. The second-order valence-electron chi connectivity index (χ2n) is 6.12. The van der Waals surface area contributed by atoms with E-state index in [-0.39, 0.29) is 5.82 Å². The summed E-state index contributed by atoms with van der Waals surface area (Å²) in [5.41, 5.74) is 2.39. The predicted octanol–water partition coefficient (Wildman–Crippen LogP) is 3.87. The number of aryl methyl sites for hydroxylation is 1. The Bertz CT molecular complexity index is 425. The molecule has 0 amide bonds. The highest BCUT2D eigenvalue weighted by Gasteiger charge is 2.57. The van der Waals surface area contributed by atoms with Crippen LogP contribution in [0.1, 0.15) is 44.2 Å². The van der Waals surface area contributed by atoms with Crippen LogP contribution in [0.2, 0.25) is 0 Å². The maximum Gasteiger partial charge on any atom is 0.126 e. The molecule has 100 valence electrons. The molecule has 2 atom stereocenters. The molecule has 1 aliphatic carbocycles. The maximum absolute atomic E-state index is 13.3. The lowest BCUT2D eigenvalue weighted by atomic mass is 10.0. The third-order valence-corrected chi connectivity index (χ3v) is 4.38. The van der Waals surface area contributed by atoms with E-state index in [1.165, 1.54) is 12.0 Å². The van der Waals surface area contributed by atoms with Crippen molar-refractivity contribution in [1.82, 2.24) is 5.32 Å². The zero-order valence-corrected chi connectivity index (χ0v) is 11.9. The van der Waals surface area contributed by atoms with Crippen molar-refractivity contribution in [2.75, 3.05) is 13.1 Å². The summed E-state index contributed by atoms with van der Waals surface area (Å²) in [6.45, 7) is 10.8. The molecular formula is C16H24FN. The second kappa shape index (κ2) is 5.00. The van der Waals surface area contributed by atoms with Gasteiger partial charge in [-0.15, -0.1) is 0 Å². The van der Waals surface area contributed by atoms with Gasteiger partial charge in [-0.3, -0.25) is 0 Å². The van der Waals surface area contributed by atoms with Gasteiger partial charge in [0, 0.05) is 0 Å². The Morgan fingerprint density at radius 1 is 1.33 bits per heavy atom. The van der Waals surface area contributed by atoms with Crippen LogP contribution in [0.3, 0.4) is 0 Å². The van der Waals surface area contributed by atoms with Crippen molar-refractivity contribution in [1.29, 1.82) is 0 Å². The molecule has 1 nitrogen and oxygen atoms in total. The van der Waals surface area contributed by atoms with E-state index in [1.54, 1.807) is 6.07 Å². The molecule has 2 unspecified atom stereocenters. The van der Waals surface area contributed by atoms with Gasteiger partial charge < -0.3 is 5.32 Å². The first kappa shape index (κ1) is 13.5. The summed E-state index contributed by atoms with van der Waals surface area (Å²) in [5.74, 6) is 1.15. The molecule has 2 heteroatoms. The van der Waals surface area contributed by atoms with Crippen LogP contribution in [-0.2, 0) is 0 Å². The number of halogens is 1. The minimum atomic E-state index is -0.0992. The smallest absolute Gasteiger partial charge is 0.126 e. The van der Waals surface area contributed by atoms with E-state index in [9.17, 15) is 4.39 Å². The molecule has 0 radical (unpaired) electrons. The molecule has 2 rings (SSSR count). The first-order valence-corrected chi connectivity index (χ1v) is 6.95. The molecule has 0 spiro atoms. The maximum atomic E-state index is 13.3. The van der Waals surface area contributed by atoms with Gasteiger partial charge in [0.05, 0.1) is 0 Å². The molecular weight excluding hydrogens is 225 g/mol. The van der Waals surface area contributed by atoms with Crippen LogP contribution < -0.4 is 5.32 Å². The van der Waals surface area contributed by atoms with Crippen molar-refractivity contribution < 1.29 is 4.39 Å². The number of nitrogens with one attached hydrogen (secondary N) is 1. The van der Waals surface area contributed by atoms with Crippen LogP contribution in [0.5, 0.6) is 0 Å². The van der Waals surface area contributed by atoms with Crippen LogP contribution in [0.15, 0.2) is 18.2 Å². The van der Waals surface area contributed by atoms with Crippen LogP contribution in [0, 0.1) is 24.1 Å². The van der Waals surface area contributed by atoms with Gasteiger partial charge in [0.1, 0.15) is 5.82 Å². The van der Waals surface area contributed by atoms with Crippen LogP contribution in [-0.4, -0.2) is 13.1 Å². The van der Waals surface area contributed by atoms with Crippen molar-refractivity contribution in [2.45, 2.75) is 40.0 Å². The van der Waals surface area contributed by atoms with E-state index in [0.29, 0.717) is 17.3 Å². The Labute approximate surface area is 110 Å². The summed E-state index contributed by atoms with van der Waals surface area (Å²) in [5, 5.41) is 3.50. The third-order valence-electron chi connectivity index (χ3n) is 4.38. The van der Waals surface area contributed by atoms with Gasteiger partial charge in [-0.1, -0.05) is 32.9 Å². The van der Waals surface area contributed by atoms with Crippen LogP contribution in [0.25, 0.3) is 0 Å². The molecule has 0 saturated heterocycles. The fraction of sp³-hybridized carbons (Fsp3) is 0.625. The van der Waals surface area contributed by atoms with Crippen molar-refractivity contribution in [2.24, 2.45) is 11.3 Å². The van der Waals surface area contributed by atoms with Crippen LogP contribution >= 0.6 is 0 Å². The van der Waals surface area contributed by atoms with Crippen molar-refractivity contribution >= 4 is 0 Å². The van der Waals surface area contributed by atoms with Gasteiger partial charge >= 0.3 is 0 Å². The van der Waals surface area contributed by atoms with Gasteiger partial charge in [-0.2, -0.15) is 0 Å². The Morgan fingerprint density at radius 2 is 2.06 bits per heavy atom. The van der Waals surface area contributed by atoms with Gasteiger partial charge in [0.15, 0.2) is 0 Å². The molecule has 1 aromatic rings. The second-order valence-corrected chi connectivity index (χ2v) is 6.12. The van der Waals surface area contributed by atoms with Crippen LogP contribution in [0.4, 0.5) is 4.39 Å². The summed E-state index contributed by atoms with van der Waals surface area (Å²) in [4.78, 5) is 0. The van der Waals surface area contributed by atoms with E-state index in [4.69, 9.17) is 0 Å². The largest absolute Gasteiger partial charge is 0.316 e. The van der Waals surface area contributed by atoms with Gasteiger partial charge in [0.2, 0.25) is 0 Å². The normalized spacial score (nSPS) is 25.2. The Kier molecular flexibility index (Phi) is 3.76. The SMILES string of the molecule is CCCNCC1C(c2ccc(F)c(C)c2)C1(C)C. The first-order chi connectivity index (χ1) is 8.48. The molecule has 1 N–H and O–H groups in total. The van der Waals surface area contributed by atoms with E-state index in [2.05, 4.69) is 26.1 Å². The zero-order chi connectivity index (χ0) is 13.3. The molecule has 1 saturated carbocycles. The summed E-state index contributed by atoms with van der Waals surface area (Å²) in [7, 11) is 0. The molecule has 0 bridgehead atoms.